The molecule has 0 aliphatic heterocycles. The van der Waals surface area contributed by atoms with Crippen LogP contribution in [-0.2, 0) is 0 Å². The molecule has 2 nitrogen and oxygen atoms in total. The molecule has 3 rings (SSSR count). The summed E-state index contributed by atoms with van der Waals surface area (Å²) in [6.07, 6.45) is 0. The zero-order valence-corrected chi connectivity index (χ0v) is 12.2. The first kappa shape index (κ1) is 14.1. The maximum absolute atomic E-state index is 13.3. The van der Waals surface area contributed by atoms with E-state index in [4.69, 9.17) is 5.84 Å². The predicted octanol–water partition coefficient (Wildman–Crippen LogP) is 4.04. The van der Waals surface area contributed by atoms with Crippen LogP contribution in [0.15, 0.2) is 42.5 Å². The minimum absolute atomic E-state index is 0.244. The molecule has 0 saturated heterocycles. The molecule has 0 radical (unpaired) electrons. The van der Waals surface area contributed by atoms with Crippen LogP contribution >= 0.6 is 11.3 Å². The van der Waals surface area contributed by atoms with Crippen molar-refractivity contribution in [2.45, 2.75) is 13.0 Å². The summed E-state index contributed by atoms with van der Waals surface area (Å²) in [7, 11) is 0. The van der Waals surface area contributed by atoms with Crippen molar-refractivity contribution in [3.63, 3.8) is 0 Å². The normalized spacial score (nSPS) is 12.8. The van der Waals surface area contributed by atoms with Crippen LogP contribution in [0, 0.1) is 18.6 Å². The molecule has 0 aliphatic rings. The fourth-order valence-corrected chi connectivity index (χ4v) is 3.62. The summed E-state index contributed by atoms with van der Waals surface area (Å²) in [4.78, 5) is 0.966. The number of nitrogens with one attached hydrogen (secondary N) is 1. The Hall–Kier alpha value is -1.82. The molecule has 21 heavy (non-hydrogen) atoms. The number of benzene rings is 2. The molecule has 5 heteroatoms. The van der Waals surface area contributed by atoms with Crippen molar-refractivity contribution in [2.75, 3.05) is 0 Å². The quantitative estimate of drug-likeness (QED) is 0.566. The van der Waals surface area contributed by atoms with E-state index in [2.05, 4.69) is 5.43 Å². The largest absolute Gasteiger partial charge is 0.271 e. The first-order valence-electron chi connectivity index (χ1n) is 6.49. The van der Waals surface area contributed by atoms with Gasteiger partial charge in [-0.25, -0.2) is 14.2 Å². The number of rotatable bonds is 3. The summed E-state index contributed by atoms with van der Waals surface area (Å²) in [6.45, 7) is 1.84. The molecule has 1 unspecified atom stereocenters. The van der Waals surface area contributed by atoms with Gasteiger partial charge in [-0.3, -0.25) is 5.84 Å². The molecule has 108 valence electrons. The third kappa shape index (κ3) is 2.68. The predicted molar refractivity (Wildman–Crippen MR) is 82.1 cm³/mol. The van der Waals surface area contributed by atoms with E-state index in [-0.39, 0.29) is 17.7 Å². The molecule has 1 atom stereocenters. The number of nitrogens with two attached hydrogens (primary N) is 1. The summed E-state index contributed by atoms with van der Waals surface area (Å²) in [5, 5.41) is 0.969. The molecular weight excluding hydrogens is 290 g/mol. The van der Waals surface area contributed by atoms with E-state index in [0.717, 1.165) is 26.1 Å². The minimum Gasteiger partial charge on any atom is -0.271 e. The van der Waals surface area contributed by atoms with Crippen LogP contribution in [0.3, 0.4) is 0 Å². The smallest absolute Gasteiger partial charge is 0.124 e. The first-order valence-corrected chi connectivity index (χ1v) is 7.31. The Labute approximate surface area is 125 Å². The van der Waals surface area contributed by atoms with Gasteiger partial charge < -0.3 is 0 Å². The van der Waals surface area contributed by atoms with Crippen molar-refractivity contribution in [2.24, 2.45) is 5.84 Å². The monoisotopic (exact) mass is 304 g/mol. The highest BCUT2D eigenvalue weighted by molar-refractivity contribution is 7.19. The van der Waals surface area contributed by atoms with E-state index in [9.17, 15) is 8.78 Å². The average molecular weight is 304 g/mol. The molecule has 3 N–H and O–H groups in total. The molecule has 1 heterocycles. The van der Waals surface area contributed by atoms with E-state index in [0.29, 0.717) is 0 Å². The fourth-order valence-electron chi connectivity index (χ4n) is 2.46. The number of halogens is 2. The van der Waals surface area contributed by atoms with Crippen LogP contribution in [0.25, 0.3) is 10.1 Å². The Morgan fingerprint density at radius 2 is 1.76 bits per heavy atom. The Morgan fingerprint density at radius 3 is 2.48 bits per heavy atom. The van der Waals surface area contributed by atoms with E-state index < -0.39 is 0 Å². The van der Waals surface area contributed by atoms with Gasteiger partial charge in [0.15, 0.2) is 0 Å². The van der Waals surface area contributed by atoms with Gasteiger partial charge in [-0.05, 0) is 53.8 Å². The summed E-state index contributed by atoms with van der Waals surface area (Å²) in [6, 6.07) is 11.0. The Bertz CT molecular complexity index is 798. The van der Waals surface area contributed by atoms with Crippen molar-refractivity contribution in [3.05, 3.63) is 70.1 Å². The number of hydrogen-bond donors (Lipinski definition) is 2. The van der Waals surface area contributed by atoms with Gasteiger partial charge in [0, 0.05) is 9.58 Å². The summed E-state index contributed by atoms with van der Waals surface area (Å²) >= 11 is 1.48. The molecule has 0 aliphatic carbocycles. The summed E-state index contributed by atoms with van der Waals surface area (Å²) in [5.41, 5.74) is 4.49. The van der Waals surface area contributed by atoms with Gasteiger partial charge in [-0.2, -0.15) is 0 Å². The van der Waals surface area contributed by atoms with E-state index >= 15 is 0 Å². The third-order valence-electron chi connectivity index (χ3n) is 3.50. The van der Waals surface area contributed by atoms with Crippen LogP contribution in [0.2, 0.25) is 0 Å². The summed E-state index contributed by atoms with van der Waals surface area (Å²) < 4.78 is 27.4. The van der Waals surface area contributed by atoms with Gasteiger partial charge in [0.25, 0.3) is 0 Å². The highest BCUT2D eigenvalue weighted by Crippen LogP contribution is 2.34. The van der Waals surface area contributed by atoms with Crippen LogP contribution in [0.4, 0.5) is 8.78 Å². The lowest BCUT2D eigenvalue weighted by Gasteiger charge is -2.17. The topological polar surface area (TPSA) is 38.0 Å². The van der Waals surface area contributed by atoms with Gasteiger partial charge in [0.1, 0.15) is 11.6 Å². The Morgan fingerprint density at radius 1 is 1.05 bits per heavy atom. The number of fused-ring (bicyclic) bond motifs is 1. The van der Waals surface area contributed by atoms with Crippen LogP contribution in [0.1, 0.15) is 22.0 Å². The SMILES string of the molecule is Cc1cc(F)ccc1C(NN)c1cc2ccc(F)cc2s1. The van der Waals surface area contributed by atoms with Gasteiger partial charge in [0.2, 0.25) is 0 Å². The van der Waals surface area contributed by atoms with Gasteiger partial charge in [-0.1, -0.05) is 12.1 Å². The second kappa shape index (κ2) is 5.52. The average Bonchev–Trinajstić information content (AvgIpc) is 2.84. The maximum atomic E-state index is 13.3. The second-order valence-corrected chi connectivity index (χ2v) is 6.05. The minimum atomic E-state index is -0.273. The van der Waals surface area contributed by atoms with Crippen molar-refractivity contribution >= 4 is 21.4 Å². The standard InChI is InChI=1S/C16H14F2N2S/c1-9-6-11(17)4-5-13(9)16(20-19)15-7-10-2-3-12(18)8-14(10)21-15/h2-8,16,20H,19H2,1H3. The van der Waals surface area contributed by atoms with Crippen molar-refractivity contribution in [1.29, 1.82) is 0 Å². The summed E-state index contributed by atoms with van der Waals surface area (Å²) in [5.74, 6) is 5.15. The zero-order chi connectivity index (χ0) is 15.0. The van der Waals surface area contributed by atoms with Gasteiger partial charge in [0.05, 0.1) is 6.04 Å². The van der Waals surface area contributed by atoms with Crippen LogP contribution in [-0.4, -0.2) is 0 Å². The number of hydrogen-bond acceptors (Lipinski definition) is 3. The number of hydrazine groups is 1. The maximum Gasteiger partial charge on any atom is 0.124 e. The second-order valence-electron chi connectivity index (χ2n) is 4.93. The lowest BCUT2D eigenvalue weighted by molar-refractivity contribution is 0.615. The molecule has 0 saturated carbocycles. The highest BCUT2D eigenvalue weighted by atomic mass is 32.1. The molecule has 0 spiro atoms. The number of thiophene rings is 1. The molecule has 0 bridgehead atoms. The lowest BCUT2D eigenvalue weighted by Crippen LogP contribution is -2.28. The first-order chi connectivity index (χ1) is 10.1. The molecule has 3 aromatic rings. The van der Waals surface area contributed by atoms with Crippen LogP contribution < -0.4 is 11.3 Å². The van der Waals surface area contributed by atoms with E-state index in [1.165, 1.54) is 35.6 Å². The molecule has 2 aromatic carbocycles. The molecule has 0 amide bonds. The van der Waals surface area contributed by atoms with Crippen molar-refractivity contribution in [1.82, 2.24) is 5.43 Å². The van der Waals surface area contributed by atoms with Crippen molar-refractivity contribution < 1.29 is 8.78 Å². The zero-order valence-electron chi connectivity index (χ0n) is 11.4. The third-order valence-corrected chi connectivity index (χ3v) is 4.66. The van der Waals surface area contributed by atoms with E-state index in [1.54, 1.807) is 12.1 Å². The molecule has 0 fully saturated rings. The lowest BCUT2D eigenvalue weighted by atomic mass is 10.00. The molecular formula is C16H14F2N2S. The van der Waals surface area contributed by atoms with Gasteiger partial charge >= 0.3 is 0 Å². The number of aryl methyl sites for hydroxylation is 1. The van der Waals surface area contributed by atoms with Crippen LogP contribution in [0.5, 0.6) is 0 Å². The Kier molecular flexibility index (Phi) is 3.71. The molecule has 1 aromatic heterocycles. The highest BCUT2D eigenvalue weighted by Gasteiger charge is 2.17. The van der Waals surface area contributed by atoms with Gasteiger partial charge in [-0.15, -0.1) is 11.3 Å². The fraction of sp³-hybridized carbons (Fsp3) is 0.125. The van der Waals surface area contributed by atoms with Crippen molar-refractivity contribution in [3.8, 4) is 0 Å². The Balaban J connectivity index is 2.09. The van der Waals surface area contributed by atoms with E-state index in [1.807, 2.05) is 13.0 Å².